The van der Waals surface area contributed by atoms with Crippen molar-refractivity contribution in [3.63, 3.8) is 0 Å². The highest BCUT2D eigenvalue weighted by Gasteiger charge is 2.75. The molecule has 1 saturated carbocycles. The molecule has 2 spiro atoms. The van der Waals surface area contributed by atoms with E-state index in [-0.39, 0.29) is 5.78 Å². The van der Waals surface area contributed by atoms with Gasteiger partial charge in [0.2, 0.25) is 5.41 Å². The molecule has 3 atom stereocenters. The van der Waals surface area contributed by atoms with Gasteiger partial charge < -0.3 is 14.2 Å². The van der Waals surface area contributed by atoms with Crippen LogP contribution in [0.4, 0.5) is 0 Å². The minimum Gasteiger partial charge on any atom is -0.497 e. The van der Waals surface area contributed by atoms with E-state index in [0.717, 1.165) is 24.0 Å². The van der Waals surface area contributed by atoms with E-state index >= 15 is 0 Å². The number of hydrazone groups is 1. The molecule has 2 aromatic carbocycles. The summed E-state index contributed by atoms with van der Waals surface area (Å²) in [6.45, 7) is 1.46. The van der Waals surface area contributed by atoms with Gasteiger partial charge in [-0.15, -0.1) is 0 Å². The highest BCUT2D eigenvalue weighted by molar-refractivity contribution is 6.07. The number of rotatable bonds is 3. The van der Waals surface area contributed by atoms with Crippen molar-refractivity contribution in [1.82, 2.24) is 5.01 Å². The van der Waals surface area contributed by atoms with E-state index in [1.54, 1.807) is 42.6 Å². The van der Waals surface area contributed by atoms with Crippen molar-refractivity contribution in [2.45, 2.75) is 56.4 Å². The SMILES string of the molecule is COc1ccc([C@@H]2[C@H](C(C)=O)N3N=Cc4ccccc4[C@H]3C23C(=O)OC2(CCCC2)OC3=O)cc1. The largest absolute Gasteiger partial charge is 0.497 e. The Kier molecular flexibility index (Phi) is 4.78. The van der Waals surface area contributed by atoms with Gasteiger partial charge in [-0.1, -0.05) is 36.4 Å². The predicted octanol–water partition coefficient (Wildman–Crippen LogP) is 3.50. The zero-order valence-electron chi connectivity index (χ0n) is 19.6. The van der Waals surface area contributed by atoms with E-state index in [0.29, 0.717) is 24.2 Å². The minimum absolute atomic E-state index is 0.203. The van der Waals surface area contributed by atoms with Crippen LogP contribution in [0, 0.1) is 5.41 Å². The van der Waals surface area contributed by atoms with Gasteiger partial charge in [0, 0.05) is 18.8 Å². The number of hydrogen-bond acceptors (Lipinski definition) is 8. The predicted molar refractivity (Wildman–Crippen MR) is 125 cm³/mol. The number of carbonyl (C=O) groups is 3. The average molecular weight is 475 g/mol. The Labute approximate surface area is 202 Å². The van der Waals surface area contributed by atoms with Crippen LogP contribution in [0.25, 0.3) is 0 Å². The van der Waals surface area contributed by atoms with Crippen molar-refractivity contribution >= 4 is 23.9 Å². The van der Waals surface area contributed by atoms with E-state index in [4.69, 9.17) is 14.2 Å². The molecule has 4 aliphatic rings. The number of ether oxygens (including phenoxy) is 3. The molecule has 6 rings (SSSR count). The Hall–Kier alpha value is -3.68. The molecule has 0 N–H and O–H groups in total. The van der Waals surface area contributed by atoms with Crippen LogP contribution >= 0.6 is 0 Å². The Morgan fingerprint density at radius 2 is 1.69 bits per heavy atom. The fourth-order valence-corrected chi connectivity index (χ4v) is 6.36. The summed E-state index contributed by atoms with van der Waals surface area (Å²) in [6, 6.07) is 12.9. The van der Waals surface area contributed by atoms with Gasteiger partial charge in [-0.25, -0.2) is 0 Å². The number of esters is 2. The summed E-state index contributed by atoms with van der Waals surface area (Å²) < 4.78 is 17.4. The maximum Gasteiger partial charge on any atom is 0.330 e. The highest BCUT2D eigenvalue weighted by atomic mass is 16.7. The van der Waals surface area contributed by atoms with Gasteiger partial charge in [-0.05, 0) is 48.6 Å². The molecule has 0 amide bonds. The zero-order chi connectivity index (χ0) is 24.4. The fraction of sp³-hybridized carbons (Fsp3) is 0.407. The number of methoxy groups -OCH3 is 1. The Morgan fingerprint density at radius 1 is 1.03 bits per heavy atom. The summed E-state index contributed by atoms with van der Waals surface area (Å²) in [4.78, 5) is 41.5. The summed E-state index contributed by atoms with van der Waals surface area (Å²) in [7, 11) is 1.56. The molecule has 8 nitrogen and oxygen atoms in total. The van der Waals surface area contributed by atoms with Crippen molar-refractivity contribution in [1.29, 1.82) is 0 Å². The molecule has 8 heteroatoms. The number of Topliss-reactive ketones (excluding diaryl/α,β-unsaturated/α-hetero) is 1. The molecule has 3 heterocycles. The maximum absolute atomic E-state index is 14.2. The standard InChI is InChI=1S/C27H26N2O6/c1-16(30)22-21(17-9-11-19(33-2)12-10-17)27(23-20-8-4-3-7-18(20)15-28-29(22)23)24(31)34-26(35-25(27)32)13-5-6-14-26/h3-4,7-12,15,21-23H,5-6,13-14H2,1-2H3/t21-,22+,23+/m1/s1. The van der Waals surface area contributed by atoms with Gasteiger partial charge in [0.15, 0.2) is 5.78 Å². The summed E-state index contributed by atoms with van der Waals surface area (Å²) in [5.74, 6) is -2.96. The Morgan fingerprint density at radius 3 is 2.31 bits per heavy atom. The number of fused-ring (bicyclic) bond motifs is 4. The first kappa shape index (κ1) is 21.8. The molecule has 1 aliphatic carbocycles. The number of carbonyl (C=O) groups excluding carboxylic acids is 3. The molecule has 35 heavy (non-hydrogen) atoms. The zero-order valence-corrected chi connectivity index (χ0v) is 19.6. The molecular formula is C27H26N2O6. The quantitative estimate of drug-likeness (QED) is 0.496. The van der Waals surface area contributed by atoms with Crippen LogP contribution in [0.2, 0.25) is 0 Å². The lowest BCUT2D eigenvalue weighted by atomic mass is 9.65. The normalized spacial score (nSPS) is 27.4. The minimum atomic E-state index is -1.80. The van der Waals surface area contributed by atoms with Gasteiger partial charge in [0.05, 0.1) is 13.3 Å². The van der Waals surface area contributed by atoms with Crippen LogP contribution < -0.4 is 4.74 Å². The van der Waals surface area contributed by atoms with Crippen molar-refractivity contribution < 1.29 is 28.6 Å². The van der Waals surface area contributed by atoms with Crippen LogP contribution in [-0.4, -0.2) is 47.9 Å². The first-order valence-corrected chi connectivity index (χ1v) is 11.9. The monoisotopic (exact) mass is 474 g/mol. The summed E-state index contributed by atoms with van der Waals surface area (Å²) in [6.07, 6.45) is 4.26. The molecule has 0 radical (unpaired) electrons. The lowest BCUT2D eigenvalue weighted by Gasteiger charge is -2.45. The van der Waals surface area contributed by atoms with Crippen LogP contribution in [0.1, 0.15) is 61.3 Å². The number of nitrogens with zero attached hydrogens (tertiary/aromatic N) is 2. The second-order valence-electron chi connectivity index (χ2n) is 9.73. The second-order valence-corrected chi connectivity index (χ2v) is 9.73. The van der Waals surface area contributed by atoms with Gasteiger partial charge in [0.25, 0.3) is 5.79 Å². The van der Waals surface area contributed by atoms with E-state index in [9.17, 15) is 14.4 Å². The van der Waals surface area contributed by atoms with E-state index in [1.165, 1.54) is 6.92 Å². The highest BCUT2D eigenvalue weighted by Crippen LogP contribution is 2.63. The van der Waals surface area contributed by atoms with E-state index < -0.39 is 41.1 Å². The first-order chi connectivity index (χ1) is 16.9. The summed E-state index contributed by atoms with van der Waals surface area (Å²) in [5, 5.41) is 6.21. The smallest absolute Gasteiger partial charge is 0.330 e. The first-order valence-electron chi connectivity index (χ1n) is 11.9. The number of hydrogen-bond donors (Lipinski definition) is 0. The molecule has 2 aromatic rings. The van der Waals surface area contributed by atoms with E-state index in [2.05, 4.69) is 5.10 Å². The molecule has 3 fully saturated rings. The van der Waals surface area contributed by atoms with Gasteiger partial charge >= 0.3 is 11.9 Å². The molecule has 0 unspecified atom stereocenters. The van der Waals surface area contributed by atoms with Crippen molar-refractivity contribution in [2.24, 2.45) is 10.5 Å². The molecule has 180 valence electrons. The molecule has 0 aromatic heterocycles. The Bertz CT molecular complexity index is 1230. The maximum atomic E-state index is 14.2. The molecular weight excluding hydrogens is 448 g/mol. The molecule has 3 aliphatic heterocycles. The van der Waals surface area contributed by atoms with E-state index in [1.807, 2.05) is 24.3 Å². The van der Waals surface area contributed by atoms with Crippen LogP contribution in [0.3, 0.4) is 0 Å². The fourth-order valence-electron chi connectivity index (χ4n) is 6.36. The molecule has 0 bridgehead atoms. The van der Waals surface area contributed by atoms with Crippen LogP contribution in [0.15, 0.2) is 53.6 Å². The topological polar surface area (TPSA) is 94.5 Å². The van der Waals surface area contributed by atoms with Crippen LogP contribution in [-0.2, 0) is 23.9 Å². The third-order valence-corrected chi connectivity index (χ3v) is 7.90. The summed E-state index contributed by atoms with van der Waals surface area (Å²) in [5.41, 5.74) is 0.366. The Balaban J connectivity index is 1.60. The van der Waals surface area contributed by atoms with Gasteiger partial charge in [0.1, 0.15) is 17.8 Å². The van der Waals surface area contributed by atoms with Crippen molar-refractivity contribution in [2.75, 3.05) is 7.11 Å². The summed E-state index contributed by atoms with van der Waals surface area (Å²) >= 11 is 0. The van der Waals surface area contributed by atoms with Crippen LogP contribution in [0.5, 0.6) is 5.75 Å². The number of ketones is 1. The lowest BCUT2D eigenvalue weighted by molar-refractivity contribution is -0.263. The van der Waals surface area contributed by atoms with Gasteiger partial charge in [-0.3, -0.25) is 19.4 Å². The average Bonchev–Trinajstić information content (AvgIpc) is 3.44. The second kappa shape index (κ2) is 7.66. The van der Waals surface area contributed by atoms with Gasteiger partial charge in [-0.2, -0.15) is 5.10 Å². The van der Waals surface area contributed by atoms with Crippen molar-refractivity contribution in [3.05, 3.63) is 65.2 Å². The third kappa shape index (κ3) is 2.92. The van der Waals surface area contributed by atoms with Crippen molar-refractivity contribution in [3.8, 4) is 5.75 Å². The lowest BCUT2D eigenvalue weighted by Crippen LogP contribution is -2.59. The third-order valence-electron chi connectivity index (χ3n) is 7.90. The number of benzene rings is 2. The molecule has 2 saturated heterocycles.